The minimum Gasteiger partial charge on any atom is -0.508 e. The van der Waals surface area contributed by atoms with Crippen molar-refractivity contribution in [1.29, 1.82) is 0 Å². The molecule has 134 valence electrons. The standard InChI is InChI=1S/C19H23N3O2.ClH/c23-18-8-6-16(7-9-18)14-20-19(24)22-12-10-21(11-13-22)15-17-4-2-1-3-5-17;/h1-9,23H,10-15H2,(H,20,24);1H. The summed E-state index contributed by atoms with van der Waals surface area (Å²) in [6, 6.07) is 17.3. The minimum atomic E-state index is -0.0255. The van der Waals surface area contributed by atoms with Crippen molar-refractivity contribution in [3.05, 3.63) is 65.7 Å². The van der Waals surface area contributed by atoms with Gasteiger partial charge in [-0.2, -0.15) is 0 Å². The van der Waals surface area contributed by atoms with Gasteiger partial charge in [-0.1, -0.05) is 42.5 Å². The summed E-state index contributed by atoms with van der Waals surface area (Å²) in [6.07, 6.45) is 0. The maximum atomic E-state index is 12.3. The Morgan fingerprint density at radius 1 is 0.920 bits per heavy atom. The summed E-state index contributed by atoms with van der Waals surface area (Å²) < 4.78 is 0. The number of rotatable bonds is 4. The van der Waals surface area contributed by atoms with Gasteiger partial charge in [-0.3, -0.25) is 4.90 Å². The third-order valence-electron chi connectivity index (χ3n) is 4.29. The maximum Gasteiger partial charge on any atom is 0.317 e. The molecule has 0 aromatic heterocycles. The number of amides is 2. The molecular formula is C19H24ClN3O2. The van der Waals surface area contributed by atoms with E-state index in [-0.39, 0.29) is 24.2 Å². The number of carbonyl (C=O) groups excluding carboxylic acids is 1. The zero-order chi connectivity index (χ0) is 16.8. The van der Waals surface area contributed by atoms with Crippen molar-refractivity contribution in [3.63, 3.8) is 0 Å². The van der Waals surface area contributed by atoms with Crippen LogP contribution in [-0.4, -0.2) is 47.1 Å². The van der Waals surface area contributed by atoms with Gasteiger partial charge < -0.3 is 15.3 Å². The first kappa shape index (κ1) is 19.1. The molecule has 1 fully saturated rings. The quantitative estimate of drug-likeness (QED) is 0.880. The average Bonchev–Trinajstić information content (AvgIpc) is 2.62. The monoisotopic (exact) mass is 361 g/mol. The molecule has 25 heavy (non-hydrogen) atoms. The molecule has 1 aliphatic heterocycles. The van der Waals surface area contributed by atoms with Gasteiger partial charge in [0.2, 0.25) is 0 Å². The third-order valence-corrected chi connectivity index (χ3v) is 4.29. The number of phenols is 1. The van der Waals surface area contributed by atoms with Crippen molar-refractivity contribution in [3.8, 4) is 5.75 Å². The molecule has 2 amide bonds. The Morgan fingerprint density at radius 2 is 1.56 bits per heavy atom. The largest absolute Gasteiger partial charge is 0.508 e. The van der Waals surface area contributed by atoms with Crippen molar-refractivity contribution >= 4 is 18.4 Å². The molecule has 3 rings (SSSR count). The number of nitrogens with one attached hydrogen (secondary N) is 1. The van der Waals surface area contributed by atoms with E-state index >= 15 is 0 Å². The molecule has 1 heterocycles. The van der Waals surface area contributed by atoms with E-state index in [9.17, 15) is 9.90 Å². The molecule has 0 atom stereocenters. The van der Waals surface area contributed by atoms with Crippen LogP contribution in [0.1, 0.15) is 11.1 Å². The zero-order valence-electron chi connectivity index (χ0n) is 14.1. The first-order chi connectivity index (χ1) is 11.7. The molecule has 1 saturated heterocycles. The number of carbonyl (C=O) groups is 1. The summed E-state index contributed by atoms with van der Waals surface area (Å²) in [4.78, 5) is 16.5. The smallest absolute Gasteiger partial charge is 0.317 e. The van der Waals surface area contributed by atoms with Crippen molar-refractivity contribution in [2.45, 2.75) is 13.1 Å². The van der Waals surface area contributed by atoms with Crippen LogP contribution in [0.4, 0.5) is 4.79 Å². The molecule has 6 heteroatoms. The van der Waals surface area contributed by atoms with Crippen molar-refractivity contribution in [2.75, 3.05) is 26.2 Å². The summed E-state index contributed by atoms with van der Waals surface area (Å²) >= 11 is 0. The molecule has 0 radical (unpaired) electrons. The molecule has 0 unspecified atom stereocenters. The lowest BCUT2D eigenvalue weighted by atomic mass is 10.2. The molecular weight excluding hydrogens is 338 g/mol. The Hall–Kier alpha value is -2.24. The summed E-state index contributed by atoms with van der Waals surface area (Å²) in [5.41, 5.74) is 2.28. The Bertz CT molecular complexity index is 656. The van der Waals surface area contributed by atoms with Crippen molar-refractivity contribution in [2.24, 2.45) is 0 Å². The first-order valence-corrected chi connectivity index (χ1v) is 8.28. The SMILES string of the molecule is Cl.O=C(NCc1ccc(O)cc1)N1CCN(Cc2ccccc2)CC1. The number of piperazine rings is 1. The van der Waals surface area contributed by atoms with Crippen LogP contribution in [0.3, 0.4) is 0 Å². The van der Waals surface area contributed by atoms with E-state index in [0.717, 1.165) is 38.3 Å². The minimum absolute atomic E-state index is 0. The number of halogens is 1. The fraction of sp³-hybridized carbons (Fsp3) is 0.316. The molecule has 2 aromatic carbocycles. The molecule has 0 spiro atoms. The van der Waals surface area contributed by atoms with Crippen LogP contribution in [0, 0.1) is 0 Å². The Balaban J connectivity index is 0.00000225. The van der Waals surface area contributed by atoms with Gasteiger partial charge >= 0.3 is 6.03 Å². The number of phenolic OH excluding ortho intramolecular Hbond substituents is 1. The topological polar surface area (TPSA) is 55.8 Å². The van der Waals surface area contributed by atoms with Gasteiger partial charge in [-0.05, 0) is 23.3 Å². The van der Waals surface area contributed by atoms with Crippen molar-refractivity contribution in [1.82, 2.24) is 15.1 Å². The average molecular weight is 362 g/mol. The maximum absolute atomic E-state index is 12.3. The van der Waals surface area contributed by atoms with Gasteiger partial charge in [0.15, 0.2) is 0 Å². The fourth-order valence-electron chi connectivity index (χ4n) is 2.85. The zero-order valence-corrected chi connectivity index (χ0v) is 14.9. The van der Waals surface area contributed by atoms with Crippen LogP contribution >= 0.6 is 12.4 Å². The number of hydrogen-bond acceptors (Lipinski definition) is 3. The van der Waals surface area contributed by atoms with E-state index in [1.165, 1.54) is 5.56 Å². The predicted molar refractivity (Wildman–Crippen MR) is 101 cm³/mol. The fourth-order valence-corrected chi connectivity index (χ4v) is 2.85. The molecule has 1 aliphatic rings. The number of benzene rings is 2. The molecule has 2 aromatic rings. The highest BCUT2D eigenvalue weighted by molar-refractivity contribution is 5.85. The van der Waals surface area contributed by atoms with Gasteiger partial charge in [0.05, 0.1) is 0 Å². The lowest BCUT2D eigenvalue weighted by Gasteiger charge is -2.34. The first-order valence-electron chi connectivity index (χ1n) is 8.28. The second kappa shape index (κ2) is 9.30. The van der Waals surface area contributed by atoms with E-state index < -0.39 is 0 Å². The molecule has 2 N–H and O–H groups in total. The van der Waals surface area contributed by atoms with E-state index in [1.54, 1.807) is 12.1 Å². The number of urea groups is 1. The number of hydrogen-bond donors (Lipinski definition) is 2. The highest BCUT2D eigenvalue weighted by Crippen LogP contribution is 2.10. The normalized spacial score (nSPS) is 14.6. The third kappa shape index (κ3) is 5.66. The second-order valence-corrected chi connectivity index (χ2v) is 6.07. The molecule has 5 nitrogen and oxygen atoms in total. The number of aromatic hydroxyl groups is 1. The Labute approximate surface area is 154 Å². The second-order valence-electron chi connectivity index (χ2n) is 6.07. The van der Waals surface area contributed by atoms with Gasteiger partial charge in [0, 0.05) is 39.3 Å². The molecule has 0 bridgehead atoms. The lowest BCUT2D eigenvalue weighted by Crippen LogP contribution is -2.51. The number of nitrogens with zero attached hydrogens (tertiary/aromatic N) is 2. The van der Waals surface area contributed by atoms with Gasteiger partial charge in [-0.15, -0.1) is 12.4 Å². The summed E-state index contributed by atoms with van der Waals surface area (Å²) in [5, 5.41) is 12.2. The van der Waals surface area contributed by atoms with Crippen LogP contribution < -0.4 is 5.32 Å². The van der Waals surface area contributed by atoms with Gasteiger partial charge in [-0.25, -0.2) is 4.79 Å². The molecule has 0 saturated carbocycles. The predicted octanol–water partition coefficient (Wildman–Crippen LogP) is 2.84. The Morgan fingerprint density at radius 3 is 2.20 bits per heavy atom. The Kier molecular flexibility index (Phi) is 7.10. The van der Waals surface area contributed by atoms with Crippen LogP contribution in [0.25, 0.3) is 0 Å². The van der Waals surface area contributed by atoms with Crippen molar-refractivity contribution < 1.29 is 9.90 Å². The molecule has 0 aliphatic carbocycles. The summed E-state index contributed by atoms with van der Waals surface area (Å²) in [6.45, 7) is 4.68. The summed E-state index contributed by atoms with van der Waals surface area (Å²) in [5.74, 6) is 0.236. The highest BCUT2D eigenvalue weighted by Gasteiger charge is 2.20. The summed E-state index contributed by atoms with van der Waals surface area (Å²) in [7, 11) is 0. The van der Waals surface area contributed by atoms with E-state index in [2.05, 4.69) is 34.5 Å². The van der Waals surface area contributed by atoms with E-state index in [1.807, 2.05) is 23.1 Å². The van der Waals surface area contributed by atoms with Crippen LogP contribution in [-0.2, 0) is 13.1 Å². The highest BCUT2D eigenvalue weighted by atomic mass is 35.5. The van der Waals surface area contributed by atoms with Gasteiger partial charge in [0.25, 0.3) is 0 Å². The van der Waals surface area contributed by atoms with Crippen LogP contribution in [0.2, 0.25) is 0 Å². The van der Waals surface area contributed by atoms with E-state index in [4.69, 9.17) is 0 Å². The lowest BCUT2D eigenvalue weighted by molar-refractivity contribution is 0.135. The van der Waals surface area contributed by atoms with Crippen LogP contribution in [0.5, 0.6) is 5.75 Å². The van der Waals surface area contributed by atoms with Crippen LogP contribution in [0.15, 0.2) is 54.6 Å². The van der Waals surface area contributed by atoms with Gasteiger partial charge in [0.1, 0.15) is 5.75 Å². The van der Waals surface area contributed by atoms with E-state index in [0.29, 0.717) is 6.54 Å².